The summed E-state index contributed by atoms with van der Waals surface area (Å²) in [5.41, 5.74) is 1.10. The van der Waals surface area contributed by atoms with Crippen molar-refractivity contribution in [1.82, 2.24) is 4.90 Å². The van der Waals surface area contributed by atoms with Gasteiger partial charge in [0.15, 0.2) is 0 Å². The number of para-hydroxylation sites is 1. The lowest BCUT2D eigenvalue weighted by Gasteiger charge is -2.27. The lowest BCUT2D eigenvalue weighted by atomic mass is 10.1. The molecule has 1 aromatic carbocycles. The fourth-order valence-electron chi connectivity index (χ4n) is 2.39. The maximum Gasteiger partial charge on any atom is 0.309 e. The van der Waals surface area contributed by atoms with Crippen molar-refractivity contribution >= 4 is 11.7 Å². The first-order chi connectivity index (χ1) is 8.58. The molecular formula is C14H20N2O2. The van der Waals surface area contributed by atoms with Crippen LogP contribution in [0.25, 0.3) is 0 Å². The summed E-state index contributed by atoms with van der Waals surface area (Å²) >= 11 is 0. The summed E-state index contributed by atoms with van der Waals surface area (Å²) in [6.45, 7) is 4.19. The van der Waals surface area contributed by atoms with Crippen LogP contribution in [0.1, 0.15) is 6.92 Å². The quantitative estimate of drug-likeness (QED) is 0.862. The molecule has 4 heteroatoms. The Morgan fingerprint density at radius 3 is 2.50 bits per heavy atom. The van der Waals surface area contributed by atoms with Gasteiger partial charge < -0.3 is 14.9 Å². The van der Waals surface area contributed by atoms with E-state index in [-0.39, 0.29) is 5.92 Å². The minimum Gasteiger partial charge on any atom is -0.481 e. The van der Waals surface area contributed by atoms with Crippen molar-refractivity contribution in [2.24, 2.45) is 5.92 Å². The van der Waals surface area contributed by atoms with E-state index in [4.69, 9.17) is 0 Å². The second-order valence-corrected chi connectivity index (χ2v) is 5.06. The number of anilines is 1. The minimum atomic E-state index is -0.711. The van der Waals surface area contributed by atoms with Crippen LogP contribution in [0.15, 0.2) is 30.3 Å². The summed E-state index contributed by atoms with van der Waals surface area (Å²) in [4.78, 5) is 15.6. The average molecular weight is 248 g/mol. The van der Waals surface area contributed by atoms with Gasteiger partial charge in [0.25, 0.3) is 0 Å². The molecule has 0 saturated carbocycles. The third-order valence-electron chi connectivity index (χ3n) is 3.66. The molecule has 1 aliphatic rings. The number of hydrogen-bond donors (Lipinski definition) is 1. The summed E-state index contributed by atoms with van der Waals surface area (Å²) in [6.07, 6.45) is 0. The summed E-state index contributed by atoms with van der Waals surface area (Å²) in [5, 5.41) is 9.28. The molecule has 0 aliphatic carbocycles. The van der Waals surface area contributed by atoms with Crippen molar-refractivity contribution in [3.05, 3.63) is 30.3 Å². The monoisotopic (exact) mass is 248 g/mol. The van der Waals surface area contributed by atoms with Crippen LogP contribution in [0, 0.1) is 5.92 Å². The molecule has 1 fully saturated rings. The highest BCUT2D eigenvalue weighted by Gasteiger charge is 2.29. The lowest BCUT2D eigenvalue weighted by Crippen LogP contribution is -2.36. The maximum atomic E-state index is 11.3. The molecule has 1 aliphatic heterocycles. The maximum absolute atomic E-state index is 11.3. The Hall–Kier alpha value is -1.55. The fourth-order valence-corrected chi connectivity index (χ4v) is 2.39. The molecule has 0 radical (unpaired) electrons. The van der Waals surface area contributed by atoms with Crippen LogP contribution in [-0.2, 0) is 4.79 Å². The average Bonchev–Trinajstić information content (AvgIpc) is 2.51. The largest absolute Gasteiger partial charge is 0.481 e. The van der Waals surface area contributed by atoms with Crippen LogP contribution < -0.4 is 4.90 Å². The van der Waals surface area contributed by atoms with Crippen LogP contribution in [0.3, 0.4) is 0 Å². The van der Waals surface area contributed by atoms with Crippen LogP contribution in [0.4, 0.5) is 5.69 Å². The Morgan fingerprint density at radius 2 is 1.89 bits per heavy atom. The van der Waals surface area contributed by atoms with Gasteiger partial charge in [-0.15, -0.1) is 0 Å². The molecule has 2 rings (SSSR count). The Bertz CT molecular complexity index is 408. The topological polar surface area (TPSA) is 43.8 Å². The Morgan fingerprint density at radius 1 is 1.22 bits per heavy atom. The zero-order valence-corrected chi connectivity index (χ0v) is 10.9. The SMILES string of the molecule is CC1CN(c2ccccc2)CC(C(=O)O)CN1C. The molecule has 1 N–H and O–H groups in total. The number of carboxylic acid groups (broad SMARTS) is 1. The van der Waals surface area contributed by atoms with Gasteiger partial charge in [-0.1, -0.05) is 18.2 Å². The van der Waals surface area contributed by atoms with Crippen LogP contribution >= 0.6 is 0 Å². The molecule has 18 heavy (non-hydrogen) atoms. The van der Waals surface area contributed by atoms with Crippen LogP contribution in [0.5, 0.6) is 0 Å². The molecule has 4 nitrogen and oxygen atoms in total. The van der Waals surface area contributed by atoms with E-state index in [2.05, 4.69) is 16.7 Å². The van der Waals surface area contributed by atoms with E-state index in [1.54, 1.807) is 0 Å². The normalized spacial score (nSPS) is 25.8. The standard InChI is InChI=1S/C14H20N2O2/c1-11-8-16(13-6-4-3-5-7-13)10-12(14(17)18)9-15(11)2/h3-7,11-12H,8-10H2,1-2H3,(H,17,18). The first-order valence-electron chi connectivity index (χ1n) is 6.31. The van der Waals surface area contributed by atoms with E-state index in [1.165, 1.54) is 0 Å². The fraction of sp³-hybridized carbons (Fsp3) is 0.500. The van der Waals surface area contributed by atoms with E-state index in [9.17, 15) is 9.90 Å². The lowest BCUT2D eigenvalue weighted by molar-refractivity contribution is -0.141. The van der Waals surface area contributed by atoms with Gasteiger partial charge in [-0.05, 0) is 26.1 Å². The van der Waals surface area contributed by atoms with Crippen molar-refractivity contribution in [3.63, 3.8) is 0 Å². The van der Waals surface area contributed by atoms with E-state index < -0.39 is 5.97 Å². The zero-order valence-electron chi connectivity index (χ0n) is 10.9. The third-order valence-corrected chi connectivity index (χ3v) is 3.66. The molecule has 1 saturated heterocycles. The van der Waals surface area contributed by atoms with E-state index in [0.29, 0.717) is 19.1 Å². The second-order valence-electron chi connectivity index (χ2n) is 5.06. The molecule has 2 unspecified atom stereocenters. The molecule has 2 atom stereocenters. The molecule has 0 amide bonds. The van der Waals surface area contributed by atoms with Crippen LogP contribution in [0.2, 0.25) is 0 Å². The minimum absolute atomic E-state index is 0.333. The number of rotatable bonds is 2. The number of carboxylic acids is 1. The summed E-state index contributed by atoms with van der Waals surface area (Å²) < 4.78 is 0. The molecular weight excluding hydrogens is 228 g/mol. The van der Waals surface area contributed by atoms with Gasteiger partial charge in [-0.2, -0.15) is 0 Å². The summed E-state index contributed by atoms with van der Waals surface area (Å²) in [6, 6.07) is 10.4. The Balaban J connectivity index is 2.22. The first-order valence-corrected chi connectivity index (χ1v) is 6.31. The van der Waals surface area contributed by atoms with Gasteiger partial charge in [0.05, 0.1) is 5.92 Å². The van der Waals surface area contributed by atoms with Gasteiger partial charge in [0, 0.05) is 31.4 Å². The van der Waals surface area contributed by atoms with Crippen molar-refractivity contribution in [2.75, 3.05) is 31.6 Å². The predicted molar refractivity (Wildman–Crippen MR) is 71.9 cm³/mol. The van der Waals surface area contributed by atoms with Crippen molar-refractivity contribution in [2.45, 2.75) is 13.0 Å². The molecule has 1 aromatic rings. The summed E-state index contributed by atoms with van der Waals surface area (Å²) in [7, 11) is 2.00. The first kappa shape index (κ1) is 12.9. The number of likely N-dealkylation sites (N-methyl/N-ethyl adjacent to an activating group) is 1. The molecule has 98 valence electrons. The van der Waals surface area contributed by atoms with Gasteiger partial charge in [-0.25, -0.2) is 0 Å². The summed E-state index contributed by atoms with van der Waals surface area (Å²) in [5.74, 6) is -1.04. The molecule has 1 heterocycles. The van der Waals surface area contributed by atoms with E-state index in [1.807, 2.05) is 37.4 Å². The predicted octanol–water partition coefficient (Wildman–Crippen LogP) is 1.53. The van der Waals surface area contributed by atoms with Gasteiger partial charge in [-0.3, -0.25) is 4.79 Å². The Kier molecular flexibility index (Phi) is 3.87. The van der Waals surface area contributed by atoms with Crippen molar-refractivity contribution in [1.29, 1.82) is 0 Å². The molecule has 0 aromatic heterocycles. The third kappa shape index (κ3) is 2.82. The number of benzene rings is 1. The number of nitrogens with zero attached hydrogens (tertiary/aromatic N) is 2. The smallest absolute Gasteiger partial charge is 0.309 e. The van der Waals surface area contributed by atoms with Crippen molar-refractivity contribution in [3.8, 4) is 0 Å². The zero-order chi connectivity index (χ0) is 13.1. The number of aliphatic carboxylic acids is 1. The number of hydrogen-bond acceptors (Lipinski definition) is 3. The highest BCUT2D eigenvalue weighted by atomic mass is 16.4. The van der Waals surface area contributed by atoms with Gasteiger partial charge in [0.2, 0.25) is 0 Å². The van der Waals surface area contributed by atoms with E-state index in [0.717, 1.165) is 12.2 Å². The highest BCUT2D eigenvalue weighted by Crippen LogP contribution is 2.20. The van der Waals surface area contributed by atoms with E-state index >= 15 is 0 Å². The van der Waals surface area contributed by atoms with Gasteiger partial charge in [0.1, 0.15) is 0 Å². The van der Waals surface area contributed by atoms with Crippen LogP contribution in [-0.4, -0.2) is 48.7 Å². The molecule has 0 spiro atoms. The van der Waals surface area contributed by atoms with Crippen molar-refractivity contribution < 1.29 is 9.90 Å². The second kappa shape index (κ2) is 5.40. The Labute approximate surface area is 108 Å². The molecule has 0 bridgehead atoms. The highest BCUT2D eigenvalue weighted by molar-refractivity contribution is 5.71. The number of carbonyl (C=O) groups is 1. The van der Waals surface area contributed by atoms with Gasteiger partial charge >= 0.3 is 5.97 Å².